The van der Waals surface area contributed by atoms with Gasteiger partial charge in [-0.25, -0.2) is 0 Å². The molecule has 0 aliphatic heterocycles. The minimum atomic E-state index is -4.78. The number of fused-ring (bicyclic) bond motifs is 1. The lowest BCUT2D eigenvalue weighted by molar-refractivity contribution is -0.274. The molecule has 3 N–H and O–H groups in total. The molecule has 0 bridgehead atoms. The van der Waals surface area contributed by atoms with Crippen LogP contribution in [-0.2, 0) is 0 Å². The molecule has 0 saturated heterocycles. The standard InChI is InChI=1S/C15H18F3N3O2/c16-15(17,18)23-14-6-13-10(5-12(14)19)7-21(20-13)11-3-1-9(8-22)2-4-11/h5-7,9,11,22H,1-4,8,19H2. The van der Waals surface area contributed by atoms with Gasteiger partial charge in [-0.1, -0.05) is 0 Å². The number of halogens is 3. The molecule has 0 unspecified atom stereocenters. The molecule has 126 valence electrons. The van der Waals surface area contributed by atoms with Gasteiger partial charge in [0.2, 0.25) is 0 Å². The van der Waals surface area contributed by atoms with E-state index in [0.717, 1.165) is 25.7 Å². The van der Waals surface area contributed by atoms with E-state index in [1.807, 2.05) is 0 Å². The van der Waals surface area contributed by atoms with E-state index in [4.69, 9.17) is 5.73 Å². The van der Waals surface area contributed by atoms with Crippen molar-refractivity contribution in [2.45, 2.75) is 38.1 Å². The highest BCUT2D eigenvalue weighted by Crippen LogP contribution is 2.35. The van der Waals surface area contributed by atoms with E-state index >= 15 is 0 Å². The summed E-state index contributed by atoms with van der Waals surface area (Å²) in [6, 6.07) is 2.85. The molecule has 1 heterocycles. The second-order valence-corrected chi connectivity index (χ2v) is 5.96. The van der Waals surface area contributed by atoms with Crippen molar-refractivity contribution < 1.29 is 23.0 Å². The molecule has 1 fully saturated rings. The Bertz CT molecular complexity index is 691. The summed E-state index contributed by atoms with van der Waals surface area (Å²) < 4.78 is 42.8. The van der Waals surface area contributed by atoms with Crippen molar-refractivity contribution >= 4 is 16.6 Å². The highest BCUT2D eigenvalue weighted by Gasteiger charge is 2.32. The van der Waals surface area contributed by atoms with Crippen LogP contribution in [0.2, 0.25) is 0 Å². The quantitative estimate of drug-likeness (QED) is 0.848. The summed E-state index contributed by atoms with van der Waals surface area (Å²) in [6.07, 6.45) is 0.630. The SMILES string of the molecule is Nc1cc2cn(C3CCC(CO)CC3)nc2cc1OC(F)(F)F. The monoisotopic (exact) mass is 329 g/mol. The molecular formula is C15H18F3N3O2. The van der Waals surface area contributed by atoms with E-state index < -0.39 is 12.1 Å². The van der Waals surface area contributed by atoms with Gasteiger partial charge in [-0.3, -0.25) is 4.68 Å². The van der Waals surface area contributed by atoms with Crippen LogP contribution in [0.4, 0.5) is 18.9 Å². The minimum absolute atomic E-state index is 0.0710. The highest BCUT2D eigenvalue weighted by atomic mass is 19.4. The van der Waals surface area contributed by atoms with Crippen LogP contribution in [0.15, 0.2) is 18.3 Å². The van der Waals surface area contributed by atoms with E-state index in [2.05, 4.69) is 9.84 Å². The Labute approximate surface area is 130 Å². The third-order valence-corrected chi connectivity index (χ3v) is 4.33. The third kappa shape index (κ3) is 3.52. The van der Waals surface area contributed by atoms with E-state index in [0.29, 0.717) is 16.8 Å². The number of hydrogen-bond acceptors (Lipinski definition) is 4. The molecule has 1 aliphatic rings. The molecule has 3 rings (SSSR count). The van der Waals surface area contributed by atoms with Crippen LogP contribution in [0, 0.1) is 5.92 Å². The molecule has 2 aromatic rings. The van der Waals surface area contributed by atoms with Crippen LogP contribution in [0.5, 0.6) is 5.75 Å². The van der Waals surface area contributed by atoms with Crippen molar-refractivity contribution in [1.82, 2.24) is 9.78 Å². The van der Waals surface area contributed by atoms with Gasteiger partial charge >= 0.3 is 6.36 Å². The Hall–Kier alpha value is -1.96. The number of alkyl halides is 3. The van der Waals surface area contributed by atoms with Crippen molar-refractivity contribution in [3.8, 4) is 5.75 Å². The van der Waals surface area contributed by atoms with E-state index in [-0.39, 0.29) is 18.3 Å². The molecule has 23 heavy (non-hydrogen) atoms. The van der Waals surface area contributed by atoms with Crippen LogP contribution < -0.4 is 10.5 Å². The second kappa shape index (κ2) is 5.92. The predicted molar refractivity (Wildman–Crippen MR) is 78.9 cm³/mol. The Balaban J connectivity index is 1.84. The maximum atomic E-state index is 12.4. The molecule has 8 heteroatoms. The van der Waals surface area contributed by atoms with Gasteiger partial charge < -0.3 is 15.6 Å². The number of anilines is 1. The number of benzene rings is 1. The fourth-order valence-corrected chi connectivity index (χ4v) is 3.08. The maximum Gasteiger partial charge on any atom is 0.573 e. The molecule has 0 radical (unpaired) electrons. The van der Waals surface area contributed by atoms with Crippen molar-refractivity contribution in [2.75, 3.05) is 12.3 Å². The highest BCUT2D eigenvalue weighted by molar-refractivity contribution is 5.84. The Kier molecular flexibility index (Phi) is 4.09. The smallest absolute Gasteiger partial charge is 0.403 e. The van der Waals surface area contributed by atoms with Crippen LogP contribution >= 0.6 is 0 Å². The lowest BCUT2D eigenvalue weighted by Gasteiger charge is -2.27. The number of ether oxygens (including phenoxy) is 1. The van der Waals surface area contributed by atoms with Crippen molar-refractivity contribution in [1.29, 1.82) is 0 Å². The van der Waals surface area contributed by atoms with Gasteiger partial charge in [-0.05, 0) is 37.7 Å². The summed E-state index contributed by atoms with van der Waals surface area (Å²) in [6.45, 7) is 0.197. The fourth-order valence-electron chi connectivity index (χ4n) is 3.08. The first-order valence-corrected chi connectivity index (χ1v) is 7.50. The van der Waals surface area contributed by atoms with Gasteiger partial charge in [0.25, 0.3) is 0 Å². The number of nitrogens with zero attached hydrogens (tertiary/aromatic N) is 2. The summed E-state index contributed by atoms with van der Waals surface area (Å²) >= 11 is 0. The number of nitrogen functional groups attached to an aromatic ring is 1. The second-order valence-electron chi connectivity index (χ2n) is 5.96. The molecule has 1 aliphatic carbocycles. The Morgan fingerprint density at radius 3 is 2.57 bits per heavy atom. The lowest BCUT2D eigenvalue weighted by atomic mass is 9.87. The van der Waals surface area contributed by atoms with Crippen molar-refractivity contribution in [2.24, 2.45) is 5.92 Å². The lowest BCUT2D eigenvalue weighted by Crippen LogP contribution is -2.20. The Morgan fingerprint density at radius 2 is 1.96 bits per heavy atom. The number of aliphatic hydroxyl groups excluding tert-OH is 1. The predicted octanol–water partition coefficient (Wildman–Crippen LogP) is 3.24. The van der Waals surface area contributed by atoms with E-state index in [1.54, 1.807) is 10.9 Å². The van der Waals surface area contributed by atoms with Crippen molar-refractivity contribution in [3.63, 3.8) is 0 Å². The summed E-state index contributed by atoms with van der Waals surface area (Å²) in [5.74, 6) is -0.0992. The van der Waals surface area contributed by atoms with Gasteiger partial charge in [0, 0.05) is 24.3 Å². The minimum Gasteiger partial charge on any atom is -0.403 e. The zero-order chi connectivity index (χ0) is 16.6. The molecule has 0 amide bonds. The van der Waals surface area contributed by atoms with Crippen LogP contribution in [-0.4, -0.2) is 27.9 Å². The molecule has 0 atom stereocenters. The van der Waals surface area contributed by atoms with Crippen LogP contribution in [0.25, 0.3) is 10.9 Å². The number of rotatable bonds is 3. The molecular weight excluding hydrogens is 311 g/mol. The number of nitrogens with two attached hydrogens (primary N) is 1. The zero-order valence-corrected chi connectivity index (χ0v) is 12.4. The van der Waals surface area contributed by atoms with Crippen molar-refractivity contribution in [3.05, 3.63) is 18.3 Å². The summed E-state index contributed by atoms with van der Waals surface area (Å²) in [7, 11) is 0. The van der Waals surface area contributed by atoms with Gasteiger partial charge in [0.15, 0.2) is 5.75 Å². The number of hydrogen-bond donors (Lipinski definition) is 2. The average molecular weight is 329 g/mol. The molecule has 1 aromatic heterocycles. The molecule has 1 aromatic carbocycles. The summed E-state index contributed by atoms with van der Waals surface area (Å²) in [5, 5.41) is 14.2. The maximum absolute atomic E-state index is 12.4. The van der Waals surface area contributed by atoms with E-state index in [1.165, 1.54) is 12.1 Å². The molecule has 1 saturated carbocycles. The zero-order valence-electron chi connectivity index (χ0n) is 12.4. The van der Waals surface area contributed by atoms with Gasteiger partial charge in [0.1, 0.15) is 0 Å². The first-order chi connectivity index (χ1) is 10.9. The summed E-state index contributed by atoms with van der Waals surface area (Å²) in [5.41, 5.74) is 5.98. The topological polar surface area (TPSA) is 73.3 Å². The Morgan fingerprint density at radius 1 is 1.26 bits per heavy atom. The first-order valence-electron chi connectivity index (χ1n) is 7.50. The van der Waals surface area contributed by atoms with Gasteiger partial charge in [0.05, 0.1) is 17.2 Å². The van der Waals surface area contributed by atoms with Gasteiger partial charge in [-0.2, -0.15) is 5.10 Å². The fraction of sp³-hybridized carbons (Fsp3) is 0.533. The third-order valence-electron chi connectivity index (χ3n) is 4.33. The largest absolute Gasteiger partial charge is 0.573 e. The normalized spacial score (nSPS) is 22.4. The molecule has 5 nitrogen and oxygen atoms in total. The summed E-state index contributed by atoms with van der Waals surface area (Å²) in [4.78, 5) is 0. The van der Waals surface area contributed by atoms with Crippen LogP contribution in [0.3, 0.4) is 0 Å². The van der Waals surface area contributed by atoms with Crippen LogP contribution in [0.1, 0.15) is 31.7 Å². The first kappa shape index (κ1) is 15.9. The number of aromatic nitrogens is 2. The van der Waals surface area contributed by atoms with Gasteiger partial charge in [-0.15, -0.1) is 13.2 Å². The van der Waals surface area contributed by atoms with E-state index in [9.17, 15) is 18.3 Å². The average Bonchev–Trinajstić information content (AvgIpc) is 2.89. The number of aliphatic hydroxyl groups is 1. The molecule has 0 spiro atoms.